The molecule has 1 saturated heterocycles. The minimum atomic E-state index is -0.703. The molecule has 0 amide bonds. The number of aliphatic hydroxyl groups is 1. The van der Waals surface area contributed by atoms with Gasteiger partial charge in [0.15, 0.2) is 0 Å². The number of nitrogens with zero attached hydrogens (tertiary/aromatic N) is 1. The first kappa shape index (κ1) is 17.1. The summed E-state index contributed by atoms with van der Waals surface area (Å²) in [5.41, 5.74) is 0.542. The van der Waals surface area contributed by atoms with Gasteiger partial charge in [-0.1, -0.05) is 6.92 Å². The van der Waals surface area contributed by atoms with Crippen LogP contribution in [0.25, 0.3) is 0 Å². The number of phenolic OH excluding ortho intramolecular Hbond substituents is 1. The summed E-state index contributed by atoms with van der Waals surface area (Å²) < 4.78 is 5.65. The van der Waals surface area contributed by atoms with Gasteiger partial charge in [-0.3, -0.25) is 0 Å². The summed E-state index contributed by atoms with van der Waals surface area (Å²) in [4.78, 5) is 2.34. The quantitative estimate of drug-likeness (QED) is 0.747. The van der Waals surface area contributed by atoms with Crippen molar-refractivity contribution >= 4 is 0 Å². The fourth-order valence-corrected chi connectivity index (χ4v) is 2.82. The first-order valence-corrected chi connectivity index (χ1v) is 8.08. The molecule has 1 aliphatic rings. The van der Waals surface area contributed by atoms with Crippen molar-refractivity contribution in [1.82, 2.24) is 10.2 Å². The molecule has 0 saturated carbocycles. The van der Waals surface area contributed by atoms with Crippen LogP contribution in [0.5, 0.6) is 11.5 Å². The Labute approximate surface area is 132 Å². The van der Waals surface area contributed by atoms with E-state index in [2.05, 4.69) is 10.2 Å². The van der Waals surface area contributed by atoms with Gasteiger partial charge in [-0.2, -0.15) is 0 Å². The fourth-order valence-electron chi connectivity index (χ4n) is 2.82. The molecule has 2 rings (SSSR count). The highest BCUT2D eigenvalue weighted by Crippen LogP contribution is 2.33. The zero-order valence-corrected chi connectivity index (χ0v) is 13.7. The number of benzene rings is 1. The Morgan fingerprint density at radius 3 is 2.55 bits per heavy atom. The van der Waals surface area contributed by atoms with Gasteiger partial charge in [-0.05, 0) is 38.0 Å². The summed E-state index contributed by atoms with van der Waals surface area (Å²) in [7, 11) is 0. The van der Waals surface area contributed by atoms with Crippen LogP contribution >= 0.6 is 0 Å². The van der Waals surface area contributed by atoms with Crippen LogP contribution in [0.1, 0.15) is 32.4 Å². The summed E-state index contributed by atoms with van der Waals surface area (Å²) in [6.07, 6.45) is -0.640. The van der Waals surface area contributed by atoms with Gasteiger partial charge >= 0.3 is 0 Å². The number of piperazine rings is 1. The molecule has 5 heteroatoms. The largest absolute Gasteiger partial charge is 0.508 e. The molecule has 0 aromatic heterocycles. The van der Waals surface area contributed by atoms with E-state index in [1.807, 2.05) is 20.8 Å². The third kappa shape index (κ3) is 4.60. The molecule has 0 spiro atoms. The summed E-state index contributed by atoms with van der Waals surface area (Å²) in [6.45, 7) is 10.7. The minimum absolute atomic E-state index is 0.0401. The Balaban J connectivity index is 2.04. The van der Waals surface area contributed by atoms with Crippen molar-refractivity contribution in [3.8, 4) is 11.5 Å². The second kappa shape index (κ2) is 7.81. The highest BCUT2D eigenvalue weighted by Gasteiger charge is 2.23. The molecular formula is C17H28N2O3. The average molecular weight is 308 g/mol. The topological polar surface area (TPSA) is 65.0 Å². The van der Waals surface area contributed by atoms with E-state index >= 15 is 0 Å². The monoisotopic (exact) mass is 308 g/mol. The van der Waals surface area contributed by atoms with Gasteiger partial charge in [0.2, 0.25) is 0 Å². The number of phenols is 1. The molecule has 2 unspecified atom stereocenters. The normalized spacial score (nSPS) is 19.1. The van der Waals surface area contributed by atoms with Crippen LogP contribution in [0.3, 0.4) is 0 Å². The van der Waals surface area contributed by atoms with Crippen LogP contribution in [0.4, 0.5) is 0 Å². The van der Waals surface area contributed by atoms with E-state index in [-0.39, 0.29) is 17.8 Å². The molecule has 22 heavy (non-hydrogen) atoms. The molecule has 5 nitrogen and oxygen atoms in total. The molecule has 0 radical (unpaired) electrons. The summed E-state index contributed by atoms with van der Waals surface area (Å²) in [5.74, 6) is 0.838. The second-order valence-corrected chi connectivity index (χ2v) is 6.36. The fraction of sp³-hybridized carbons (Fsp3) is 0.647. The van der Waals surface area contributed by atoms with Gasteiger partial charge in [-0.25, -0.2) is 0 Å². The predicted molar refractivity (Wildman–Crippen MR) is 87.3 cm³/mol. The lowest BCUT2D eigenvalue weighted by molar-refractivity contribution is 0.0819. The Morgan fingerprint density at radius 2 is 1.91 bits per heavy atom. The highest BCUT2D eigenvalue weighted by atomic mass is 16.5. The number of aromatic hydroxyl groups is 1. The van der Waals surface area contributed by atoms with Gasteiger partial charge in [0.25, 0.3) is 0 Å². The Kier molecular flexibility index (Phi) is 6.06. The van der Waals surface area contributed by atoms with Crippen LogP contribution < -0.4 is 10.1 Å². The molecule has 1 aromatic rings. The Bertz CT molecular complexity index is 473. The maximum atomic E-state index is 10.6. The van der Waals surface area contributed by atoms with E-state index in [1.54, 1.807) is 18.2 Å². The molecule has 0 bridgehead atoms. The Hall–Kier alpha value is -1.30. The highest BCUT2D eigenvalue weighted by molar-refractivity contribution is 5.41. The number of rotatable bonds is 6. The van der Waals surface area contributed by atoms with Gasteiger partial charge in [0, 0.05) is 38.3 Å². The van der Waals surface area contributed by atoms with E-state index in [1.165, 1.54) is 0 Å². The maximum Gasteiger partial charge on any atom is 0.121 e. The number of ether oxygens (including phenoxy) is 1. The van der Waals surface area contributed by atoms with Crippen molar-refractivity contribution in [2.24, 2.45) is 5.92 Å². The van der Waals surface area contributed by atoms with E-state index in [4.69, 9.17) is 4.74 Å². The molecule has 3 N–H and O–H groups in total. The lowest BCUT2D eigenvalue weighted by Crippen LogP contribution is -2.45. The van der Waals surface area contributed by atoms with Crippen molar-refractivity contribution in [1.29, 1.82) is 0 Å². The SMILES string of the molecule is CC(C)Oc1ccc(O)c(C(O)C(C)CN2CCNCC2)c1. The lowest BCUT2D eigenvalue weighted by atomic mass is 9.95. The van der Waals surface area contributed by atoms with E-state index < -0.39 is 6.10 Å². The number of hydrogen-bond acceptors (Lipinski definition) is 5. The van der Waals surface area contributed by atoms with Crippen LogP contribution in [0.2, 0.25) is 0 Å². The van der Waals surface area contributed by atoms with Crippen LogP contribution in [0, 0.1) is 5.92 Å². The van der Waals surface area contributed by atoms with Gasteiger partial charge in [0.1, 0.15) is 11.5 Å². The van der Waals surface area contributed by atoms with Crippen LogP contribution in [0.15, 0.2) is 18.2 Å². The van der Waals surface area contributed by atoms with E-state index in [9.17, 15) is 10.2 Å². The molecular weight excluding hydrogens is 280 g/mol. The van der Waals surface area contributed by atoms with E-state index in [0.717, 1.165) is 32.7 Å². The van der Waals surface area contributed by atoms with Gasteiger partial charge in [0.05, 0.1) is 12.2 Å². The maximum absolute atomic E-state index is 10.6. The zero-order chi connectivity index (χ0) is 16.1. The third-order valence-corrected chi connectivity index (χ3v) is 3.98. The molecule has 1 heterocycles. The van der Waals surface area contributed by atoms with Crippen molar-refractivity contribution in [2.45, 2.75) is 33.0 Å². The van der Waals surface area contributed by atoms with Crippen molar-refractivity contribution in [3.63, 3.8) is 0 Å². The minimum Gasteiger partial charge on any atom is -0.508 e. The molecule has 124 valence electrons. The first-order chi connectivity index (χ1) is 10.5. The second-order valence-electron chi connectivity index (χ2n) is 6.36. The third-order valence-electron chi connectivity index (χ3n) is 3.98. The molecule has 2 atom stereocenters. The van der Waals surface area contributed by atoms with Gasteiger partial charge in [-0.15, -0.1) is 0 Å². The Morgan fingerprint density at radius 1 is 1.23 bits per heavy atom. The van der Waals surface area contributed by atoms with Crippen molar-refractivity contribution < 1.29 is 14.9 Å². The zero-order valence-electron chi connectivity index (χ0n) is 13.7. The number of hydrogen-bond donors (Lipinski definition) is 3. The summed E-state index contributed by atoms with van der Waals surface area (Å²) in [5, 5.41) is 24.0. The summed E-state index contributed by atoms with van der Waals surface area (Å²) >= 11 is 0. The average Bonchev–Trinajstić information content (AvgIpc) is 2.49. The lowest BCUT2D eigenvalue weighted by Gasteiger charge is -2.31. The van der Waals surface area contributed by atoms with Gasteiger partial charge < -0.3 is 25.2 Å². The predicted octanol–water partition coefficient (Wildman–Crippen LogP) is 1.75. The van der Waals surface area contributed by atoms with Crippen LogP contribution in [-0.4, -0.2) is 53.9 Å². The van der Waals surface area contributed by atoms with E-state index in [0.29, 0.717) is 11.3 Å². The smallest absolute Gasteiger partial charge is 0.121 e. The number of nitrogens with one attached hydrogen (secondary N) is 1. The molecule has 1 aliphatic heterocycles. The molecule has 0 aliphatic carbocycles. The number of aliphatic hydroxyl groups excluding tert-OH is 1. The molecule has 1 fully saturated rings. The van der Waals surface area contributed by atoms with Crippen molar-refractivity contribution in [2.75, 3.05) is 32.7 Å². The summed E-state index contributed by atoms with van der Waals surface area (Å²) in [6, 6.07) is 5.06. The first-order valence-electron chi connectivity index (χ1n) is 8.08. The molecule has 1 aromatic carbocycles. The van der Waals surface area contributed by atoms with Crippen LogP contribution in [-0.2, 0) is 0 Å². The standard InChI is InChI=1S/C17H28N2O3/c1-12(2)22-14-4-5-16(20)15(10-14)17(21)13(3)11-19-8-6-18-7-9-19/h4-5,10,12-13,17-18,20-21H,6-9,11H2,1-3H3. The van der Waals surface area contributed by atoms with Crippen molar-refractivity contribution in [3.05, 3.63) is 23.8 Å².